The normalized spacial score (nSPS) is 31.6. The van der Waals surface area contributed by atoms with Crippen LogP contribution in [0.15, 0.2) is 24.3 Å². The summed E-state index contributed by atoms with van der Waals surface area (Å²) in [7, 11) is 1.74. The maximum atomic E-state index is 6.44. The van der Waals surface area contributed by atoms with E-state index in [4.69, 9.17) is 10.5 Å². The van der Waals surface area contributed by atoms with Crippen LogP contribution in [0.1, 0.15) is 31.2 Å². The quantitative estimate of drug-likeness (QED) is 0.885. The van der Waals surface area contributed by atoms with Crippen LogP contribution in [-0.4, -0.2) is 13.2 Å². The number of para-hydroxylation sites is 1. The summed E-state index contributed by atoms with van der Waals surface area (Å²) >= 11 is 0. The number of rotatable bonds is 4. The molecule has 0 bridgehead atoms. The van der Waals surface area contributed by atoms with Crippen LogP contribution in [-0.2, 0) is 6.42 Å². The van der Waals surface area contributed by atoms with Crippen LogP contribution < -0.4 is 10.5 Å². The predicted molar refractivity (Wildman–Crippen MR) is 73.6 cm³/mol. The molecule has 2 nitrogen and oxygen atoms in total. The lowest BCUT2D eigenvalue weighted by molar-refractivity contribution is 0.405. The van der Waals surface area contributed by atoms with Gasteiger partial charge >= 0.3 is 0 Å². The van der Waals surface area contributed by atoms with Crippen molar-refractivity contribution in [2.45, 2.75) is 38.1 Å². The van der Waals surface area contributed by atoms with Crippen molar-refractivity contribution in [3.8, 4) is 5.75 Å². The molecule has 3 atom stereocenters. The third-order valence-corrected chi connectivity index (χ3v) is 4.87. The van der Waals surface area contributed by atoms with E-state index in [0.29, 0.717) is 6.04 Å². The summed E-state index contributed by atoms with van der Waals surface area (Å²) < 4.78 is 5.41. The molecule has 0 spiro atoms. The van der Waals surface area contributed by atoms with Gasteiger partial charge in [-0.1, -0.05) is 31.0 Å². The predicted octanol–water partition coefficient (Wildman–Crippen LogP) is 3.00. The molecular weight excluding hydrogens is 222 g/mol. The molecule has 2 heteroatoms. The van der Waals surface area contributed by atoms with Gasteiger partial charge in [0, 0.05) is 6.04 Å². The maximum absolute atomic E-state index is 6.44. The van der Waals surface area contributed by atoms with E-state index in [9.17, 15) is 0 Å². The molecule has 18 heavy (non-hydrogen) atoms. The van der Waals surface area contributed by atoms with Crippen molar-refractivity contribution in [3.05, 3.63) is 29.8 Å². The molecule has 2 saturated carbocycles. The summed E-state index contributed by atoms with van der Waals surface area (Å²) in [5, 5.41) is 0. The molecular formula is C16H23NO. The molecule has 2 fully saturated rings. The van der Waals surface area contributed by atoms with Crippen LogP contribution in [0, 0.1) is 17.8 Å². The molecule has 0 saturated heterocycles. The molecule has 1 aromatic rings. The Hall–Kier alpha value is -1.02. The molecule has 2 N–H and O–H groups in total. The molecule has 98 valence electrons. The first-order valence-electron chi connectivity index (χ1n) is 7.18. The Bertz CT molecular complexity index is 405. The molecule has 0 heterocycles. The standard InChI is InChI=1S/C16H23NO/c1-18-15-9-5-2-6-11(15)10-14(17)16-12-7-3-4-8-13(12)16/h2,5-6,9,12-14,16H,3-4,7-8,10,17H2,1H3. The van der Waals surface area contributed by atoms with Gasteiger partial charge in [-0.3, -0.25) is 0 Å². The number of nitrogens with two attached hydrogens (primary N) is 1. The fourth-order valence-corrected chi connectivity index (χ4v) is 3.94. The zero-order valence-electron chi connectivity index (χ0n) is 11.1. The summed E-state index contributed by atoms with van der Waals surface area (Å²) in [6, 6.07) is 8.58. The summed E-state index contributed by atoms with van der Waals surface area (Å²) in [5.74, 6) is 3.63. The van der Waals surface area contributed by atoms with Gasteiger partial charge in [0.25, 0.3) is 0 Å². The molecule has 0 amide bonds. The monoisotopic (exact) mass is 245 g/mol. The average molecular weight is 245 g/mol. The van der Waals surface area contributed by atoms with E-state index in [1.54, 1.807) is 7.11 Å². The molecule has 3 rings (SSSR count). The minimum Gasteiger partial charge on any atom is -0.496 e. The van der Waals surface area contributed by atoms with Crippen molar-refractivity contribution in [1.29, 1.82) is 0 Å². The van der Waals surface area contributed by atoms with Crippen molar-refractivity contribution in [3.63, 3.8) is 0 Å². The van der Waals surface area contributed by atoms with E-state index < -0.39 is 0 Å². The highest BCUT2D eigenvalue weighted by molar-refractivity contribution is 5.34. The molecule has 0 aromatic heterocycles. The zero-order chi connectivity index (χ0) is 12.5. The molecule has 0 aliphatic heterocycles. The Morgan fingerprint density at radius 3 is 2.56 bits per heavy atom. The molecule has 1 aromatic carbocycles. The number of ether oxygens (including phenoxy) is 1. The highest BCUT2D eigenvalue weighted by Gasteiger charge is 2.52. The second kappa shape index (κ2) is 4.93. The van der Waals surface area contributed by atoms with Gasteiger partial charge in [-0.25, -0.2) is 0 Å². The smallest absolute Gasteiger partial charge is 0.122 e. The number of hydrogen-bond donors (Lipinski definition) is 1. The van der Waals surface area contributed by atoms with E-state index in [-0.39, 0.29) is 0 Å². The number of fused-ring (bicyclic) bond motifs is 1. The van der Waals surface area contributed by atoms with Crippen LogP contribution in [0.2, 0.25) is 0 Å². The fraction of sp³-hybridized carbons (Fsp3) is 0.625. The highest BCUT2D eigenvalue weighted by atomic mass is 16.5. The van der Waals surface area contributed by atoms with Gasteiger partial charge in [-0.15, -0.1) is 0 Å². The van der Waals surface area contributed by atoms with E-state index in [1.165, 1.54) is 31.2 Å². The molecule has 2 aliphatic carbocycles. The third kappa shape index (κ3) is 2.14. The fourth-order valence-electron chi connectivity index (χ4n) is 3.94. The van der Waals surface area contributed by atoms with Crippen LogP contribution in [0.3, 0.4) is 0 Å². The first-order chi connectivity index (χ1) is 8.81. The number of benzene rings is 1. The molecule has 3 unspecified atom stereocenters. The van der Waals surface area contributed by atoms with Crippen LogP contribution in [0.4, 0.5) is 0 Å². The van der Waals surface area contributed by atoms with Crippen molar-refractivity contribution < 1.29 is 4.74 Å². The van der Waals surface area contributed by atoms with Crippen molar-refractivity contribution in [2.75, 3.05) is 7.11 Å². The topological polar surface area (TPSA) is 35.2 Å². The van der Waals surface area contributed by atoms with Crippen molar-refractivity contribution >= 4 is 0 Å². The first-order valence-corrected chi connectivity index (χ1v) is 7.18. The lowest BCUT2D eigenvalue weighted by Crippen LogP contribution is -2.27. The molecule has 2 aliphatic rings. The Morgan fingerprint density at radius 1 is 1.22 bits per heavy atom. The van der Waals surface area contributed by atoms with E-state index in [2.05, 4.69) is 12.1 Å². The Kier molecular flexibility index (Phi) is 3.29. The van der Waals surface area contributed by atoms with Gasteiger partial charge in [-0.2, -0.15) is 0 Å². The SMILES string of the molecule is COc1ccccc1CC(N)C1C2CCCCC21. The Balaban J connectivity index is 1.66. The number of hydrogen-bond acceptors (Lipinski definition) is 2. The third-order valence-electron chi connectivity index (χ3n) is 4.87. The summed E-state index contributed by atoms with van der Waals surface area (Å²) in [4.78, 5) is 0. The Morgan fingerprint density at radius 2 is 1.89 bits per heavy atom. The highest BCUT2D eigenvalue weighted by Crippen LogP contribution is 2.56. The lowest BCUT2D eigenvalue weighted by atomic mass is 10.00. The van der Waals surface area contributed by atoms with Crippen LogP contribution >= 0.6 is 0 Å². The van der Waals surface area contributed by atoms with Gasteiger partial charge in [0.15, 0.2) is 0 Å². The van der Waals surface area contributed by atoms with Gasteiger partial charge in [0.2, 0.25) is 0 Å². The van der Waals surface area contributed by atoms with Crippen molar-refractivity contribution in [2.24, 2.45) is 23.5 Å². The van der Waals surface area contributed by atoms with Gasteiger partial charge < -0.3 is 10.5 Å². The minimum atomic E-state index is 0.314. The summed E-state index contributed by atoms with van der Waals surface area (Å²) in [6.07, 6.45) is 6.61. The Labute approximate surface area is 110 Å². The van der Waals surface area contributed by atoms with Gasteiger partial charge in [0.05, 0.1) is 7.11 Å². The maximum Gasteiger partial charge on any atom is 0.122 e. The molecule has 0 radical (unpaired) electrons. The van der Waals surface area contributed by atoms with Crippen molar-refractivity contribution in [1.82, 2.24) is 0 Å². The first kappa shape index (κ1) is 12.0. The minimum absolute atomic E-state index is 0.314. The summed E-state index contributed by atoms with van der Waals surface area (Å²) in [5.41, 5.74) is 7.70. The second-order valence-corrected chi connectivity index (χ2v) is 5.87. The largest absolute Gasteiger partial charge is 0.496 e. The second-order valence-electron chi connectivity index (χ2n) is 5.87. The van der Waals surface area contributed by atoms with Crippen LogP contribution in [0.5, 0.6) is 5.75 Å². The van der Waals surface area contributed by atoms with Gasteiger partial charge in [0.1, 0.15) is 5.75 Å². The number of methoxy groups -OCH3 is 1. The van der Waals surface area contributed by atoms with E-state index in [0.717, 1.165) is 29.9 Å². The van der Waals surface area contributed by atoms with Crippen LogP contribution in [0.25, 0.3) is 0 Å². The zero-order valence-corrected chi connectivity index (χ0v) is 11.1. The average Bonchev–Trinajstić information content (AvgIpc) is 3.13. The van der Waals surface area contributed by atoms with E-state index >= 15 is 0 Å². The lowest BCUT2D eigenvalue weighted by Gasteiger charge is -2.14. The van der Waals surface area contributed by atoms with Gasteiger partial charge in [-0.05, 0) is 48.6 Å². The summed E-state index contributed by atoms with van der Waals surface area (Å²) in [6.45, 7) is 0. The van der Waals surface area contributed by atoms with E-state index in [1.807, 2.05) is 12.1 Å².